The van der Waals surface area contributed by atoms with Crippen molar-refractivity contribution in [2.45, 2.75) is 20.4 Å². The van der Waals surface area contributed by atoms with Gasteiger partial charge in [0.15, 0.2) is 6.61 Å². The van der Waals surface area contributed by atoms with E-state index < -0.39 is 0 Å². The summed E-state index contributed by atoms with van der Waals surface area (Å²) in [5.74, 6) is 0.426. The quantitative estimate of drug-likeness (QED) is 0.778. The van der Waals surface area contributed by atoms with E-state index in [2.05, 4.69) is 30.1 Å². The number of nitrogens with zero attached hydrogens (tertiary/aromatic N) is 1. The Labute approximate surface area is 148 Å². The third-order valence-electron chi connectivity index (χ3n) is 3.69. The molecule has 0 aliphatic heterocycles. The monoisotopic (exact) mass is 346 g/mol. The first-order valence-electron chi connectivity index (χ1n) is 8.10. The molecule has 0 spiro atoms. The molecular formula is C19H23ClN2O2. The van der Waals surface area contributed by atoms with Gasteiger partial charge in [-0.3, -0.25) is 9.69 Å². The topological polar surface area (TPSA) is 41.6 Å². The molecular weight excluding hydrogens is 324 g/mol. The lowest BCUT2D eigenvalue weighted by atomic mass is 10.2. The van der Waals surface area contributed by atoms with Gasteiger partial charge in [-0.1, -0.05) is 37.6 Å². The highest BCUT2D eigenvalue weighted by molar-refractivity contribution is 6.30. The van der Waals surface area contributed by atoms with Crippen molar-refractivity contribution < 1.29 is 9.53 Å². The zero-order chi connectivity index (χ0) is 17.4. The van der Waals surface area contributed by atoms with E-state index in [1.807, 2.05) is 18.2 Å². The number of halogens is 1. The molecule has 0 unspecified atom stereocenters. The van der Waals surface area contributed by atoms with Crippen LogP contribution < -0.4 is 10.1 Å². The fraction of sp³-hybridized carbons (Fsp3) is 0.316. The molecule has 128 valence electrons. The molecule has 0 aliphatic rings. The molecule has 2 aromatic rings. The third kappa shape index (κ3) is 5.87. The number of nitrogens with one attached hydrogen (secondary N) is 1. The maximum Gasteiger partial charge on any atom is 0.262 e. The van der Waals surface area contributed by atoms with Crippen LogP contribution in [0.4, 0.5) is 5.69 Å². The third-order valence-corrected chi connectivity index (χ3v) is 3.95. The molecule has 0 aromatic heterocycles. The summed E-state index contributed by atoms with van der Waals surface area (Å²) >= 11 is 5.82. The van der Waals surface area contributed by atoms with Gasteiger partial charge in [-0.05, 0) is 55.1 Å². The Hall–Kier alpha value is -2.04. The molecule has 0 radical (unpaired) electrons. The summed E-state index contributed by atoms with van der Waals surface area (Å²) in [5, 5.41) is 3.50. The lowest BCUT2D eigenvalue weighted by molar-refractivity contribution is -0.118. The Morgan fingerprint density at radius 3 is 2.50 bits per heavy atom. The molecule has 0 bridgehead atoms. The van der Waals surface area contributed by atoms with Crippen molar-refractivity contribution in [3.63, 3.8) is 0 Å². The van der Waals surface area contributed by atoms with Crippen LogP contribution in [0.1, 0.15) is 19.4 Å². The van der Waals surface area contributed by atoms with Crippen LogP contribution in [0.2, 0.25) is 5.02 Å². The summed E-state index contributed by atoms with van der Waals surface area (Å²) in [6.07, 6.45) is 0. The fourth-order valence-corrected chi connectivity index (χ4v) is 2.46. The van der Waals surface area contributed by atoms with Gasteiger partial charge in [0, 0.05) is 17.3 Å². The van der Waals surface area contributed by atoms with Crippen LogP contribution in [0.5, 0.6) is 5.75 Å². The number of hydrogen-bond acceptors (Lipinski definition) is 3. The molecule has 0 saturated carbocycles. The fourth-order valence-electron chi connectivity index (χ4n) is 2.33. The first-order chi connectivity index (χ1) is 11.6. The largest absolute Gasteiger partial charge is 0.484 e. The molecule has 0 atom stereocenters. The maximum absolute atomic E-state index is 12.0. The van der Waals surface area contributed by atoms with Crippen LogP contribution in [0.3, 0.4) is 0 Å². The van der Waals surface area contributed by atoms with E-state index in [9.17, 15) is 4.79 Å². The van der Waals surface area contributed by atoms with Crippen LogP contribution in [0.15, 0.2) is 48.5 Å². The van der Waals surface area contributed by atoms with Gasteiger partial charge in [-0.25, -0.2) is 0 Å². The van der Waals surface area contributed by atoms with E-state index in [4.69, 9.17) is 16.3 Å². The van der Waals surface area contributed by atoms with Crippen molar-refractivity contribution in [1.29, 1.82) is 0 Å². The molecule has 0 fully saturated rings. The summed E-state index contributed by atoms with van der Waals surface area (Å²) < 4.78 is 5.45. The lowest BCUT2D eigenvalue weighted by Gasteiger charge is -2.18. The number of carbonyl (C=O) groups is 1. The zero-order valence-electron chi connectivity index (χ0n) is 14.1. The first-order valence-corrected chi connectivity index (χ1v) is 8.48. The predicted octanol–water partition coefficient (Wildman–Crippen LogP) is 4.20. The highest BCUT2D eigenvalue weighted by atomic mass is 35.5. The number of rotatable bonds is 8. The van der Waals surface area contributed by atoms with Crippen molar-refractivity contribution in [3.8, 4) is 5.75 Å². The highest BCUT2D eigenvalue weighted by Gasteiger charge is 2.06. The maximum atomic E-state index is 12.0. The highest BCUT2D eigenvalue weighted by Crippen LogP contribution is 2.16. The molecule has 0 aliphatic carbocycles. The molecule has 0 heterocycles. The van der Waals surface area contributed by atoms with E-state index in [0.29, 0.717) is 10.8 Å². The Bertz CT molecular complexity index is 655. The number of ether oxygens (including phenoxy) is 1. The Morgan fingerprint density at radius 1 is 1.12 bits per heavy atom. The molecule has 4 nitrogen and oxygen atoms in total. The van der Waals surface area contributed by atoms with E-state index in [1.54, 1.807) is 24.3 Å². The summed E-state index contributed by atoms with van der Waals surface area (Å²) in [6, 6.07) is 14.8. The second kappa shape index (κ2) is 9.30. The van der Waals surface area contributed by atoms with Crippen LogP contribution in [0, 0.1) is 0 Å². The van der Waals surface area contributed by atoms with Crippen molar-refractivity contribution in [3.05, 3.63) is 59.1 Å². The van der Waals surface area contributed by atoms with Gasteiger partial charge >= 0.3 is 0 Å². The summed E-state index contributed by atoms with van der Waals surface area (Å²) in [6.45, 7) is 7.12. The van der Waals surface area contributed by atoms with Gasteiger partial charge in [0.25, 0.3) is 5.91 Å². The minimum atomic E-state index is -0.190. The normalized spacial score (nSPS) is 10.7. The number of amides is 1. The van der Waals surface area contributed by atoms with Gasteiger partial charge < -0.3 is 10.1 Å². The Balaban J connectivity index is 1.88. The van der Waals surface area contributed by atoms with Crippen LogP contribution >= 0.6 is 11.6 Å². The van der Waals surface area contributed by atoms with Crippen molar-refractivity contribution in [1.82, 2.24) is 4.90 Å². The summed E-state index contributed by atoms with van der Waals surface area (Å²) in [5.41, 5.74) is 1.96. The average molecular weight is 347 g/mol. The minimum Gasteiger partial charge on any atom is -0.484 e. The molecule has 1 amide bonds. The molecule has 24 heavy (non-hydrogen) atoms. The van der Waals surface area contributed by atoms with Crippen LogP contribution in [0.25, 0.3) is 0 Å². The number of anilines is 1. The van der Waals surface area contributed by atoms with E-state index in [-0.39, 0.29) is 12.5 Å². The van der Waals surface area contributed by atoms with Crippen LogP contribution in [-0.2, 0) is 11.3 Å². The standard InChI is InChI=1S/C19H23ClN2O2/c1-3-22(4-2)13-15-6-5-7-17(12-15)21-19(23)14-24-18-10-8-16(20)9-11-18/h5-12H,3-4,13-14H2,1-2H3,(H,21,23). The Morgan fingerprint density at radius 2 is 1.83 bits per heavy atom. The SMILES string of the molecule is CCN(CC)Cc1cccc(NC(=O)COc2ccc(Cl)cc2)c1. The second-order valence-electron chi connectivity index (χ2n) is 5.45. The van der Waals surface area contributed by atoms with Crippen molar-refractivity contribution in [2.75, 3.05) is 25.0 Å². The number of hydrogen-bond donors (Lipinski definition) is 1. The van der Waals surface area contributed by atoms with Gasteiger partial charge in [0.1, 0.15) is 5.75 Å². The van der Waals surface area contributed by atoms with E-state index in [1.165, 1.54) is 5.56 Å². The minimum absolute atomic E-state index is 0.0398. The number of benzene rings is 2. The molecule has 5 heteroatoms. The average Bonchev–Trinajstić information content (AvgIpc) is 2.59. The first kappa shape index (κ1) is 18.3. The van der Waals surface area contributed by atoms with Crippen molar-refractivity contribution in [2.24, 2.45) is 0 Å². The number of carbonyl (C=O) groups excluding carboxylic acids is 1. The summed E-state index contributed by atoms with van der Waals surface area (Å²) in [4.78, 5) is 14.3. The zero-order valence-corrected chi connectivity index (χ0v) is 14.8. The Kier molecular flexibility index (Phi) is 7.09. The molecule has 2 aromatic carbocycles. The van der Waals surface area contributed by atoms with E-state index in [0.717, 1.165) is 25.3 Å². The van der Waals surface area contributed by atoms with Gasteiger partial charge in [0.2, 0.25) is 0 Å². The van der Waals surface area contributed by atoms with Crippen molar-refractivity contribution >= 4 is 23.2 Å². The molecule has 2 rings (SSSR count). The predicted molar refractivity (Wildman–Crippen MR) is 98.6 cm³/mol. The second-order valence-corrected chi connectivity index (χ2v) is 5.89. The molecule has 1 N–H and O–H groups in total. The van der Waals surface area contributed by atoms with Gasteiger partial charge in [0.05, 0.1) is 0 Å². The smallest absolute Gasteiger partial charge is 0.262 e. The van der Waals surface area contributed by atoms with Gasteiger partial charge in [-0.2, -0.15) is 0 Å². The van der Waals surface area contributed by atoms with Gasteiger partial charge in [-0.15, -0.1) is 0 Å². The van der Waals surface area contributed by atoms with E-state index >= 15 is 0 Å². The molecule has 0 saturated heterocycles. The summed E-state index contributed by atoms with van der Waals surface area (Å²) in [7, 11) is 0. The van der Waals surface area contributed by atoms with Crippen LogP contribution in [-0.4, -0.2) is 30.5 Å². The lowest BCUT2D eigenvalue weighted by Crippen LogP contribution is -2.22.